The van der Waals surface area contributed by atoms with Gasteiger partial charge in [0, 0.05) is 18.0 Å². The Bertz CT molecular complexity index is 649. The summed E-state index contributed by atoms with van der Waals surface area (Å²) in [6, 6.07) is 10.1. The quantitative estimate of drug-likeness (QED) is 0.854. The van der Waals surface area contributed by atoms with Crippen molar-refractivity contribution in [3.8, 4) is 5.75 Å². The molecule has 1 heterocycles. The van der Waals surface area contributed by atoms with Crippen LogP contribution < -0.4 is 10.1 Å². The van der Waals surface area contributed by atoms with E-state index in [-0.39, 0.29) is 18.1 Å². The van der Waals surface area contributed by atoms with Gasteiger partial charge < -0.3 is 19.7 Å². The maximum Gasteiger partial charge on any atom is 0.352 e. The average Bonchev–Trinajstić information content (AvgIpc) is 2.87. The lowest BCUT2D eigenvalue weighted by Gasteiger charge is -2.09. The van der Waals surface area contributed by atoms with Crippen LogP contribution in [-0.4, -0.2) is 28.2 Å². The van der Waals surface area contributed by atoms with Crippen LogP contribution >= 0.6 is 0 Å². The van der Waals surface area contributed by atoms with Gasteiger partial charge >= 0.3 is 5.97 Å². The lowest BCUT2D eigenvalue weighted by atomic mass is 10.3. The molecule has 0 atom stereocenters. The first-order valence-electron chi connectivity index (χ1n) is 6.51. The number of carbonyl (C=O) groups excluding carboxylic acids is 1. The molecule has 0 aliphatic heterocycles. The molecule has 0 saturated heterocycles. The molecule has 0 spiro atoms. The van der Waals surface area contributed by atoms with E-state index in [0.717, 1.165) is 0 Å². The van der Waals surface area contributed by atoms with Gasteiger partial charge in [-0.1, -0.05) is 6.07 Å². The second kappa shape index (κ2) is 6.60. The van der Waals surface area contributed by atoms with Crippen LogP contribution in [0, 0.1) is 0 Å². The molecule has 0 radical (unpaired) electrons. The first-order chi connectivity index (χ1) is 10.1. The minimum Gasteiger partial charge on any atom is -0.494 e. The molecule has 110 valence electrons. The van der Waals surface area contributed by atoms with Crippen molar-refractivity contribution in [2.45, 2.75) is 13.5 Å². The third-order valence-corrected chi connectivity index (χ3v) is 2.79. The van der Waals surface area contributed by atoms with E-state index in [9.17, 15) is 9.59 Å². The number of hydrogen-bond acceptors (Lipinski definition) is 3. The van der Waals surface area contributed by atoms with E-state index in [1.54, 1.807) is 36.5 Å². The predicted molar refractivity (Wildman–Crippen MR) is 77.6 cm³/mol. The fourth-order valence-corrected chi connectivity index (χ4v) is 1.93. The van der Waals surface area contributed by atoms with E-state index in [2.05, 4.69) is 5.32 Å². The molecule has 1 aromatic heterocycles. The van der Waals surface area contributed by atoms with Crippen molar-refractivity contribution in [3.05, 3.63) is 48.3 Å². The summed E-state index contributed by atoms with van der Waals surface area (Å²) < 4.78 is 6.73. The van der Waals surface area contributed by atoms with Crippen molar-refractivity contribution in [1.82, 2.24) is 4.57 Å². The third kappa shape index (κ3) is 3.85. The largest absolute Gasteiger partial charge is 0.494 e. The predicted octanol–water partition coefficient (Wildman–Crippen LogP) is 2.22. The average molecular weight is 288 g/mol. The molecule has 0 aliphatic carbocycles. The molecular formula is C15H16N2O4. The number of benzene rings is 1. The number of amides is 1. The standard InChI is InChI=1S/C15H16N2O4/c1-2-21-12-6-3-5-11(9-12)16-14(18)10-17-8-4-7-13(17)15(19)20/h3-9H,2,10H2,1H3,(H,16,18)(H,19,20). The highest BCUT2D eigenvalue weighted by Gasteiger charge is 2.11. The van der Waals surface area contributed by atoms with Crippen LogP contribution in [0.25, 0.3) is 0 Å². The second-order valence-electron chi connectivity index (χ2n) is 4.34. The minimum atomic E-state index is -1.06. The zero-order chi connectivity index (χ0) is 15.2. The molecule has 0 fully saturated rings. The van der Waals surface area contributed by atoms with Gasteiger partial charge in [0.2, 0.25) is 5.91 Å². The molecule has 2 rings (SSSR count). The molecule has 0 saturated carbocycles. The highest BCUT2D eigenvalue weighted by Crippen LogP contribution is 2.17. The number of carboxylic acids is 1. The summed E-state index contributed by atoms with van der Waals surface area (Å²) in [6.07, 6.45) is 1.56. The Kier molecular flexibility index (Phi) is 4.61. The normalized spacial score (nSPS) is 10.1. The highest BCUT2D eigenvalue weighted by molar-refractivity contribution is 5.92. The first-order valence-corrected chi connectivity index (χ1v) is 6.51. The maximum absolute atomic E-state index is 12.0. The van der Waals surface area contributed by atoms with E-state index in [0.29, 0.717) is 18.0 Å². The van der Waals surface area contributed by atoms with Crippen LogP contribution in [-0.2, 0) is 11.3 Å². The van der Waals surface area contributed by atoms with Crippen molar-refractivity contribution < 1.29 is 19.4 Å². The molecule has 6 nitrogen and oxygen atoms in total. The summed E-state index contributed by atoms with van der Waals surface area (Å²) in [5, 5.41) is 11.7. The fraction of sp³-hybridized carbons (Fsp3) is 0.200. The Morgan fingerprint density at radius 2 is 2.10 bits per heavy atom. The Labute approximate surface area is 122 Å². The SMILES string of the molecule is CCOc1cccc(NC(=O)Cn2cccc2C(=O)O)c1. The van der Waals surface area contributed by atoms with Gasteiger partial charge in [0.1, 0.15) is 18.0 Å². The van der Waals surface area contributed by atoms with Crippen molar-refractivity contribution in [2.24, 2.45) is 0 Å². The topological polar surface area (TPSA) is 80.6 Å². The second-order valence-corrected chi connectivity index (χ2v) is 4.34. The van der Waals surface area contributed by atoms with Crippen LogP contribution in [0.4, 0.5) is 5.69 Å². The summed E-state index contributed by atoms with van der Waals surface area (Å²) in [5.74, 6) is -0.698. The van der Waals surface area contributed by atoms with Crippen LogP contribution in [0.1, 0.15) is 17.4 Å². The summed E-state index contributed by atoms with van der Waals surface area (Å²) in [5.41, 5.74) is 0.684. The number of carbonyl (C=O) groups is 2. The van der Waals surface area contributed by atoms with E-state index < -0.39 is 5.97 Å². The van der Waals surface area contributed by atoms with Gasteiger partial charge in [0.05, 0.1) is 6.61 Å². The number of carboxylic acid groups (broad SMARTS) is 1. The molecule has 0 unspecified atom stereocenters. The summed E-state index contributed by atoms with van der Waals surface area (Å²) in [7, 11) is 0. The highest BCUT2D eigenvalue weighted by atomic mass is 16.5. The summed E-state index contributed by atoms with van der Waals surface area (Å²) in [6.45, 7) is 2.36. The number of anilines is 1. The Morgan fingerprint density at radius 1 is 1.29 bits per heavy atom. The Hall–Kier alpha value is -2.76. The van der Waals surface area contributed by atoms with E-state index in [4.69, 9.17) is 9.84 Å². The fourth-order valence-electron chi connectivity index (χ4n) is 1.93. The van der Waals surface area contributed by atoms with Gasteiger partial charge in [0.15, 0.2) is 0 Å². The van der Waals surface area contributed by atoms with Gasteiger partial charge in [0.25, 0.3) is 0 Å². The first kappa shape index (κ1) is 14.6. The number of aromatic carboxylic acids is 1. The summed E-state index contributed by atoms with van der Waals surface area (Å²) in [4.78, 5) is 22.9. The molecule has 0 aliphatic rings. The molecule has 2 N–H and O–H groups in total. The zero-order valence-electron chi connectivity index (χ0n) is 11.6. The number of aromatic nitrogens is 1. The third-order valence-electron chi connectivity index (χ3n) is 2.79. The molecule has 6 heteroatoms. The van der Waals surface area contributed by atoms with E-state index in [1.165, 1.54) is 10.6 Å². The van der Waals surface area contributed by atoms with Crippen LogP contribution in [0.5, 0.6) is 5.75 Å². The van der Waals surface area contributed by atoms with E-state index >= 15 is 0 Å². The number of ether oxygens (including phenoxy) is 1. The van der Waals surface area contributed by atoms with Crippen LogP contribution in [0.2, 0.25) is 0 Å². The number of nitrogens with one attached hydrogen (secondary N) is 1. The molecule has 2 aromatic rings. The Morgan fingerprint density at radius 3 is 2.81 bits per heavy atom. The van der Waals surface area contributed by atoms with Gasteiger partial charge in [-0.2, -0.15) is 0 Å². The van der Waals surface area contributed by atoms with Crippen molar-refractivity contribution in [3.63, 3.8) is 0 Å². The zero-order valence-corrected chi connectivity index (χ0v) is 11.6. The van der Waals surface area contributed by atoms with Crippen molar-refractivity contribution >= 4 is 17.6 Å². The molecule has 1 aromatic carbocycles. The molecule has 1 amide bonds. The molecule has 21 heavy (non-hydrogen) atoms. The number of rotatable bonds is 6. The van der Waals surface area contributed by atoms with Gasteiger partial charge in [-0.15, -0.1) is 0 Å². The van der Waals surface area contributed by atoms with E-state index in [1.807, 2.05) is 6.92 Å². The monoisotopic (exact) mass is 288 g/mol. The maximum atomic E-state index is 12.0. The lowest BCUT2D eigenvalue weighted by molar-refractivity contribution is -0.116. The van der Waals surface area contributed by atoms with Gasteiger partial charge in [-0.25, -0.2) is 4.79 Å². The number of nitrogens with zero attached hydrogens (tertiary/aromatic N) is 1. The van der Waals surface area contributed by atoms with Gasteiger partial charge in [-0.3, -0.25) is 4.79 Å². The molecular weight excluding hydrogens is 272 g/mol. The van der Waals surface area contributed by atoms with Crippen molar-refractivity contribution in [2.75, 3.05) is 11.9 Å². The van der Waals surface area contributed by atoms with Crippen LogP contribution in [0.3, 0.4) is 0 Å². The van der Waals surface area contributed by atoms with Crippen LogP contribution in [0.15, 0.2) is 42.6 Å². The molecule has 0 bridgehead atoms. The summed E-state index contributed by atoms with van der Waals surface area (Å²) >= 11 is 0. The smallest absolute Gasteiger partial charge is 0.352 e. The minimum absolute atomic E-state index is 0.0620. The van der Waals surface area contributed by atoms with Crippen molar-refractivity contribution in [1.29, 1.82) is 0 Å². The Balaban J connectivity index is 2.03. The lowest BCUT2D eigenvalue weighted by Crippen LogP contribution is -2.20. The van der Waals surface area contributed by atoms with Gasteiger partial charge in [-0.05, 0) is 31.2 Å². The number of hydrogen-bond donors (Lipinski definition) is 2.